The molecule has 0 saturated heterocycles. The van der Waals surface area contributed by atoms with Crippen LogP contribution in [0.15, 0.2) is 0 Å². The maximum atomic E-state index is 10.4. The number of hydrogen-bond donors (Lipinski definition) is 1. The van der Waals surface area contributed by atoms with Crippen molar-refractivity contribution in [3.8, 4) is 0 Å². The topological polar surface area (TPSA) is 49.8 Å². The van der Waals surface area contributed by atoms with Gasteiger partial charge in [0.15, 0.2) is 0 Å². The molecule has 0 aliphatic heterocycles. The molecule has 0 aliphatic rings. The number of aliphatic carboxylic acids is 1. The smallest absolute Gasteiger partial charge is 0.303 e. The molecule has 0 spiro atoms. The van der Waals surface area contributed by atoms with Crippen LogP contribution in [0, 0.1) is 0 Å². The third-order valence-electron chi connectivity index (χ3n) is 2.36. The fourth-order valence-corrected chi connectivity index (χ4v) is 1.47. The Morgan fingerprint density at radius 1 is 1.33 bits per heavy atom. The molecule has 0 rings (SSSR count). The first kappa shape index (κ1) is 14.4. The van der Waals surface area contributed by atoms with Crippen molar-refractivity contribution in [3.63, 3.8) is 0 Å². The Labute approximate surface area is 92.2 Å². The molecule has 0 unspecified atom stereocenters. The van der Waals surface area contributed by atoms with Gasteiger partial charge in [0.25, 0.3) is 0 Å². The molecule has 15 heavy (non-hydrogen) atoms. The van der Waals surface area contributed by atoms with Crippen LogP contribution >= 0.6 is 0 Å². The maximum absolute atomic E-state index is 10.4. The standard InChI is InChI=1S/C11H23NO3/c1-10(2)12(8-5-9-15-3)7-4-6-11(13)14/h10H,4-9H2,1-3H3,(H,13,14). The summed E-state index contributed by atoms with van der Waals surface area (Å²) in [6.45, 7) is 6.86. The van der Waals surface area contributed by atoms with Crippen molar-refractivity contribution >= 4 is 5.97 Å². The van der Waals surface area contributed by atoms with Gasteiger partial charge in [0.1, 0.15) is 0 Å². The van der Waals surface area contributed by atoms with Crippen LogP contribution < -0.4 is 0 Å². The van der Waals surface area contributed by atoms with Crippen molar-refractivity contribution in [3.05, 3.63) is 0 Å². The zero-order valence-corrected chi connectivity index (χ0v) is 10.0. The quantitative estimate of drug-likeness (QED) is 0.596. The Hall–Kier alpha value is -0.610. The lowest BCUT2D eigenvalue weighted by Crippen LogP contribution is -2.33. The molecule has 0 saturated carbocycles. The van der Waals surface area contributed by atoms with Crippen LogP contribution in [0.1, 0.15) is 33.1 Å². The molecule has 0 heterocycles. The summed E-state index contributed by atoms with van der Waals surface area (Å²) >= 11 is 0. The molecule has 0 bridgehead atoms. The van der Waals surface area contributed by atoms with Crippen molar-refractivity contribution in [1.82, 2.24) is 4.90 Å². The highest BCUT2D eigenvalue weighted by atomic mass is 16.5. The minimum atomic E-state index is -0.712. The molecule has 0 aliphatic carbocycles. The molecule has 0 aromatic heterocycles. The second-order valence-corrected chi connectivity index (χ2v) is 3.97. The molecule has 1 N–H and O–H groups in total. The lowest BCUT2D eigenvalue weighted by Gasteiger charge is -2.26. The van der Waals surface area contributed by atoms with Gasteiger partial charge in [-0.05, 0) is 33.2 Å². The lowest BCUT2D eigenvalue weighted by atomic mass is 10.2. The van der Waals surface area contributed by atoms with Crippen molar-refractivity contribution < 1.29 is 14.6 Å². The van der Waals surface area contributed by atoms with E-state index in [0.29, 0.717) is 6.04 Å². The van der Waals surface area contributed by atoms with E-state index in [1.807, 2.05) is 0 Å². The number of hydrogen-bond acceptors (Lipinski definition) is 3. The Morgan fingerprint density at radius 3 is 2.40 bits per heavy atom. The van der Waals surface area contributed by atoms with E-state index in [9.17, 15) is 4.79 Å². The van der Waals surface area contributed by atoms with Crippen LogP contribution in [0.3, 0.4) is 0 Å². The van der Waals surface area contributed by atoms with Gasteiger partial charge in [-0.2, -0.15) is 0 Å². The fraction of sp³-hybridized carbons (Fsp3) is 0.909. The van der Waals surface area contributed by atoms with Gasteiger partial charge in [-0.1, -0.05) is 0 Å². The highest BCUT2D eigenvalue weighted by molar-refractivity contribution is 5.66. The zero-order chi connectivity index (χ0) is 11.7. The minimum absolute atomic E-state index is 0.257. The van der Waals surface area contributed by atoms with Crippen LogP contribution in [0.2, 0.25) is 0 Å². The number of nitrogens with zero attached hydrogens (tertiary/aromatic N) is 1. The third kappa shape index (κ3) is 8.39. The van der Waals surface area contributed by atoms with Crippen molar-refractivity contribution in [2.75, 3.05) is 26.8 Å². The first-order chi connectivity index (χ1) is 7.07. The van der Waals surface area contributed by atoms with E-state index in [1.165, 1.54) is 0 Å². The van der Waals surface area contributed by atoms with Gasteiger partial charge in [0, 0.05) is 32.7 Å². The van der Waals surface area contributed by atoms with E-state index < -0.39 is 5.97 Å². The number of rotatable bonds is 9. The minimum Gasteiger partial charge on any atom is -0.481 e. The second-order valence-electron chi connectivity index (χ2n) is 3.97. The van der Waals surface area contributed by atoms with Crippen LogP contribution in [-0.4, -0.2) is 48.8 Å². The molecule has 0 aromatic carbocycles. The number of carboxylic acid groups (broad SMARTS) is 1. The van der Waals surface area contributed by atoms with Crippen LogP contribution in [0.4, 0.5) is 0 Å². The molecular weight excluding hydrogens is 194 g/mol. The number of ether oxygens (including phenoxy) is 1. The first-order valence-corrected chi connectivity index (χ1v) is 5.52. The van der Waals surface area contributed by atoms with E-state index in [4.69, 9.17) is 9.84 Å². The van der Waals surface area contributed by atoms with Gasteiger partial charge in [0.2, 0.25) is 0 Å². The summed E-state index contributed by atoms with van der Waals surface area (Å²) in [6, 6.07) is 0.468. The van der Waals surface area contributed by atoms with E-state index in [-0.39, 0.29) is 6.42 Å². The fourth-order valence-electron chi connectivity index (χ4n) is 1.47. The summed E-state index contributed by atoms with van der Waals surface area (Å²) < 4.78 is 4.99. The molecule has 4 heteroatoms. The molecular formula is C11H23NO3. The van der Waals surface area contributed by atoms with E-state index in [1.54, 1.807) is 7.11 Å². The average molecular weight is 217 g/mol. The second kappa shape index (κ2) is 8.68. The molecule has 4 nitrogen and oxygen atoms in total. The van der Waals surface area contributed by atoms with Crippen LogP contribution in [0.25, 0.3) is 0 Å². The summed E-state index contributed by atoms with van der Waals surface area (Å²) in [5.41, 5.74) is 0. The van der Waals surface area contributed by atoms with Gasteiger partial charge >= 0.3 is 5.97 Å². The van der Waals surface area contributed by atoms with Crippen molar-refractivity contribution in [2.45, 2.75) is 39.2 Å². The summed E-state index contributed by atoms with van der Waals surface area (Å²) in [6.07, 6.45) is 1.98. The average Bonchev–Trinajstić information content (AvgIpc) is 2.15. The monoisotopic (exact) mass is 217 g/mol. The molecule has 90 valence electrons. The first-order valence-electron chi connectivity index (χ1n) is 5.52. The third-order valence-corrected chi connectivity index (χ3v) is 2.36. The summed E-state index contributed by atoms with van der Waals surface area (Å²) in [5, 5.41) is 8.54. The predicted molar refractivity (Wildman–Crippen MR) is 60.1 cm³/mol. The van der Waals surface area contributed by atoms with E-state index >= 15 is 0 Å². The van der Waals surface area contributed by atoms with Gasteiger partial charge in [-0.15, -0.1) is 0 Å². The molecule has 0 amide bonds. The maximum Gasteiger partial charge on any atom is 0.303 e. The predicted octanol–water partition coefficient (Wildman–Crippen LogP) is 1.60. The van der Waals surface area contributed by atoms with Gasteiger partial charge in [-0.25, -0.2) is 0 Å². The normalized spacial score (nSPS) is 11.3. The summed E-state index contributed by atoms with van der Waals surface area (Å²) in [4.78, 5) is 12.7. The molecule has 0 atom stereocenters. The number of carbonyl (C=O) groups is 1. The summed E-state index contributed by atoms with van der Waals surface area (Å²) in [5.74, 6) is -0.712. The Kier molecular flexibility index (Phi) is 8.33. The Balaban J connectivity index is 3.68. The van der Waals surface area contributed by atoms with E-state index in [0.717, 1.165) is 32.5 Å². The van der Waals surface area contributed by atoms with Gasteiger partial charge in [0.05, 0.1) is 0 Å². The molecule has 0 aromatic rings. The lowest BCUT2D eigenvalue weighted by molar-refractivity contribution is -0.137. The molecule has 0 fully saturated rings. The SMILES string of the molecule is COCCCN(CCCC(=O)O)C(C)C. The van der Waals surface area contributed by atoms with Crippen molar-refractivity contribution in [1.29, 1.82) is 0 Å². The highest BCUT2D eigenvalue weighted by Crippen LogP contribution is 2.03. The highest BCUT2D eigenvalue weighted by Gasteiger charge is 2.09. The van der Waals surface area contributed by atoms with Gasteiger partial charge in [-0.3, -0.25) is 4.79 Å². The Bertz CT molecular complexity index is 171. The molecule has 0 radical (unpaired) electrons. The van der Waals surface area contributed by atoms with Crippen LogP contribution in [0.5, 0.6) is 0 Å². The zero-order valence-electron chi connectivity index (χ0n) is 10.0. The van der Waals surface area contributed by atoms with Crippen LogP contribution in [-0.2, 0) is 9.53 Å². The Morgan fingerprint density at radius 2 is 1.93 bits per heavy atom. The van der Waals surface area contributed by atoms with Crippen molar-refractivity contribution in [2.24, 2.45) is 0 Å². The largest absolute Gasteiger partial charge is 0.481 e. The van der Waals surface area contributed by atoms with Gasteiger partial charge < -0.3 is 14.7 Å². The number of methoxy groups -OCH3 is 1. The van der Waals surface area contributed by atoms with E-state index in [2.05, 4.69) is 18.7 Å². The number of carboxylic acids is 1. The summed E-state index contributed by atoms with van der Waals surface area (Å²) in [7, 11) is 1.70.